The van der Waals surface area contributed by atoms with Crippen LogP contribution < -0.4 is 5.56 Å². The lowest BCUT2D eigenvalue weighted by atomic mass is 10.1. The van der Waals surface area contributed by atoms with E-state index in [9.17, 15) is 4.79 Å². The molecule has 0 saturated heterocycles. The first-order chi connectivity index (χ1) is 10.1. The van der Waals surface area contributed by atoms with Gasteiger partial charge in [-0.2, -0.15) is 0 Å². The van der Waals surface area contributed by atoms with Gasteiger partial charge in [-0.25, -0.2) is 4.98 Å². The third-order valence-electron chi connectivity index (χ3n) is 3.48. The van der Waals surface area contributed by atoms with Crippen molar-refractivity contribution in [2.24, 2.45) is 5.92 Å². The number of para-hydroxylation sites is 1. The summed E-state index contributed by atoms with van der Waals surface area (Å²) < 4.78 is 6.86. The molecule has 1 aromatic heterocycles. The molecule has 2 aromatic rings. The second-order valence-electron chi connectivity index (χ2n) is 5.34. The Morgan fingerprint density at radius 3 is 2.76 bits per heavy atom. The van der Waals surface area contributed by atoms with Crippen molar-refractivity contribution in [3.05, 3.63) is 40.4 Å². The van der Waals surface area contributed by atoms with Crippen molar-refractivity contribution in [1.82, 2.24) is 9.55 Å². The van der Waals surface area contributed by atoms with Gasteiger partial charge in [-0.3, -0.25) is 9.36 Å². The predicted octanol–water partition coefficient (Wildman–Crippen LogP) is 3.37. The van der Waals surface area contributed by atoms with Crippen molar-refractivity contribution in [2.75, 3.05) is 13.7 Å². The molecule has 4 nitrogen and oxygen atoms in total. The van der Waals surface area contributed by atoms with E-state index in [1.165, 1.54) is 0 Å². The Bertz CT molecular complexity index is 669. The molecule has 0 N–H and O–H groups in total. The van der Waals surface area contributed by atoms with Crippen LogP contribution >= 0.6 is 11.6 Å². The lowest BCUT2D eigenvalue weighted by molar-refractivity contribution is 0.150. The first-order valence-corrected chi connectivity index (χ1v) is 7.64. The summed E-state index contributed by atoms with van der Waals surface area (Å²) in [6.07, 6.45) is 0.727. The molecule has 1 heterocycles. The molecule has 0 aliphatic carbocycles. The number of hydrogen-bond acceptors (Lipinski definition) is 3. The van der Waals surface area contributed by atoms with Crippen LogP contribution in [0.5, 0.6) is 0 Å². The van der Waals surface area contributed by atoms with E-state index >= 15 is 0 Å². The number of halogens is 1. The minimum atomic E-state index is -0.267. The quantitative estimate of drug-likeness (QED) is 0.769. The summed E-state index contributed by atoms with van der Waals surface area (Å²) in [6.45, 7) is 5.19. The number of nitrogens with zero attached hydrogens (tertiary/aromatic N) is 2. The number of ether oxygens (including phenoxy) is 1. The van der Waals surface area contributed by atoms with Gasteiger partial charge in [-0.05, 0) is 24.5 Å². The van der Waals surface area contributed by atoms with Crippen LogP contribution in [-0.4, -0.2) is 23.3 Å². The maximum absolute atomic E-state index is 12.7. The normalized spacial score (nSPS) is 14.3. The second-order valence-corrected chi connectivity index (χ2v) is 5.87. The molecule has 0 saturated carbocycles. The first kappa shape index (κ1) is 16.0. The van der Waals surface area contributed by atoms with Gasteiger partial charge in [0.15, 0.2) is 0 Å². The van der Waals surface area contributed by atoms with Crippen molar-refractivity contribution >= 4 is 22.5 Å². The molecule has 0 bridgehead atoms. The Labute approximate surface area is 129 Å². The van der Waals surface area contributed by atoms with E-state index in [0.717, 1.165) is 6.42 Å². The van der Waals surface area contributed by atoms with Crippen molar-refractivity contribution in [3.63, 3.8) is 0 Å². The largest absolute Gasteiger partial charge is 0.384 e. The summed E-state index contributed by atoms with van der Waals surface area (Å²) in [5.74, 6) is 0.862. The summed E-state index contributed by atoms with van der Waals surface area (Å²) in [6, 6.07) is 7.39. The zero-order valence-electron chi connectivity index (χ0n) is 12.7. The molecule has 0 fully saturated rings. The summed E-state index contributed by atoms with van der Waals surface area (Å²) in [5.41, 5.74) is 0.671. The van der Waals surface area contributed by atoms with Crippen molar-refractivity contribution in [3.8, 4) is 0 Å². The van der Waals surface area contributed by atoms with E-state index in [1.54, 1.807) is 17.7 Å². The Balaban J connectivity index is 2.58. The van der Waals surface area contributed by atoms with E-state index in [4.69, 9.17) is 16.3 Å². The fourth-order valence-electron chi connectivity index (χ4n) is 2.43. The third-order valence-corrected chi connectivity index (χ3v) is 3.98. The molecule has 2 rings (SSSR count). The number of rotatable bonds is 6. The van der Waals surface area contributed by atoms with Crippen LogP contribution in [0.15, 0.2) is 29.1 Å². The van der Waals surface area contributed by atoms with Gasteiger partial charge in [0.25, 0.3) is 5.56 Å². The zero-order valence-corrected chi connectivity index (χ0v) is 13.4. The molecule has 1 aromatic carbocycles. The highest BCUT2D eigenvalue weighted by atomic mass is 35.5. The highest BCUT2D eigenvalue weighted by Crippen LogP contribution is 2.23. The number of fused-ring (bicyclic) bond motifs is 1. The first-order valence-electron chi connectivity index (χ1n) is 7.21. The van der Waals surface area contributed by atoms with Gasteiger partial charge >= 0.3 is 0 Å². The fourth-order valence-corrected chi connectivity index (χ4v) is 2.60. The maximum atomic E-state index is 12.7. The van der Waals surface area contributed by atoms with Gasteiger partial charge in [0, 0.05) is 13.7 Å². The van der Waals surface area contributed by atoms with Crippen LogP contribution in [0.3, 0.4) is 0 Å². The second kappa shape index (κ2) is 7.05. The summed E-state index contributed by atoms with van der Waals surface area (Å²) in [5, 5.41) is 0.364. The van der Waals surface area contributed by atoms with E-state index in [2.05, 4.69) is 4.98 Å². The van der Waals surface area contributed by atoms with Crippen LogP contribution in [0, 0.1) is 5.92 Å². The van der Waals surface area contributed by atoms with E-state index in [0.29, 0.717) is 29.9 Å². The van der Waals surface area contributed by atoms with Crippen molar-refractivity contribution in [1.29, 1.82) is 0 Å². The SMILES string of the molecule is CCC(Cl)c1nc2ccccc2c(=O)n1CC(C)COC. The van der Waals surface area contributed by atoms with Gasteiger partial charge in [0.1, 0.15) is 5.82 Å². The minimum absolute atomic E-state index is 0.0300. The number of methoxy groups -OCH3 is 1. The predicted molar refractivity (Wildman–Crippen MR) is 85.9 cm³/mol. The average molecular weight is 309 g/mol. The molecule has 114 valence electrons. The van der Waals surface area contributed by atoms with Gasteiger partial charge < -0.3 is 4.74 Å². The Hall–Kier alpha value is -1.39. The lowest BCUT2D eigenvalue weighted by Crippen LogP contribution is -2.29. The maximum Gasteiger partial charge on any atom is 0.261 e. The van der Waals surface area contributed by atoms with Gasteiger partial charge in [-0.15, -0.1) is 11.6 Å². The highest BCUT2D eigenvalue weighted by molar-refractivity contribution is 6.20. The number of hydrogen-bond donors (Lipinski definition) is 0. The summed E-state index contributed by atoms with van der Waals surface area (Å²) in [4.78, 5) is 17.3. The number of benzene rings is 1. The molecule has 5 heteroatoms. The smallest absolute Gasteiger partial charge is 0.261 e. The lowest BCUT2D eigenvalue weighted by Gasteiger charge is -2.19. The molecule has 2 unspecified atom stereocenters. The zero-order chi connectivity index (χ0) is 15.4. The Morgan fingerprint density at radius 2 is 2.10 bits per heavy atom. The molecule has 21 heavy (non-hydrogen) atoms. The number of aromatic nitrogens is 2. The minimum Gasteiger partial charge on any atom is -0.384 e. The molecule has 0 aliphatic rings. The van der Waals surface area contributed by atoms with Crippen LogP contribution in [0.4, 0.5) is 0 Å². The van der Waals surface area contributed by atoms with Gasteiger partial charge in [0.05, 0.1) is 22.9 Å². The van der Waals surface area contributed by atoms with E-state index in [1.807, 2.05) is 32.0 Å². The molecule has 0 amide bonds. The fraction of sp³-hybridized carbons (Fsp3) is 0.500. The van der Waals surface area contributed by atoms with Crippen LogP contribution in [0.1, 0.15) is 31.5 Å². The molecule has 0 aliphatic heterocycles. The van der Waals surface area contributed by atoms with Crippen LogP contribution in [0.2, 0.25) is 0 Å². The van der Waals surface area contributed by atoms with Crippen molar-refractivity contribution in [2.45, 2.75) is 32.2 Å². The Kier molecular flexibility index (Phi) is 5.37. The standard InChI is InChI=1S/C16H21ClN2O2/c1-4-13(17)15-18-14-8-6-5-7-12(14)16(20)19(15)9-11(2)10-21-3/h5-8,11,13H,4,9-10H2,1-3H3. The summed E-state index contributed by atoms with van der Waals surface area (Å²) in [7, 11) is 1.66. The van der Waals surface area contributed by atoms with Gasteiger partial charge in [-0.1, -0.05) is 26.0 Å². The third kappa shape index (κ3) is 3.44. The van der Waals surface area contributed by atoms with E-state index < -0.39 is 0 Å². The number of alkyl halides is 1. The molecule has 0 spiro atoms. The molecule has 2 atom stereocenters. The van der Waals surface area contributed by atoms with Crippen LogP contribution in [0.25, 0.3) is 10.9 Å². The van der Waals surface area contributed by atoms with Crippen molar-refractivity contribution < 1.29 is 4.74 Å². The molecular weight excluding hydrogens is 288 g/mol. The van der Waals surface area contributed by atoms with Gasteiger partial charge in [0.2, 0.25) is 0 Å². The highest BCUT2D eigenvalue weighted by Gasteiger charge is 2.18. The monoisotopic (exact) mass is 308 g/mol. The average Bonchev–Trinajstić information content (AvgIpc) is 2.49. The molecular formula is C16H21ClN2O2. The van der Waals surface area contributed by atoms with Crippen LogP contribution in [-0.2, 0) is 11.3 Å². The topological polar surface area (TPSA) is 44.1 Å². The Morgan fingerprint density at radius 1 is 1.38 bits per heavy atom. The molecule has 0 radical (unpaired) electrons. The summed E-state index contributed by atoms with van der Waals surface area (Å²) >= 11 is 6.38. The van der Waals surface area contributed by atoms with E-state index in [-0.39, 0.29) is 16.9 Å².